The van der Waals surface area contributed by atoms with E-state index in [-0.39, 0.29) is 6.04 Å². The van der Waals surface area contributed by atoms with Crippen molar-refractivity contribution in [1.29, 1.82) is 0 Å². The van der Waals surface area contributed by atoms with Gasteiger partial charge in [0.1, 0.15) is 11.5 Å². The predicted molar refractivity (Wildman–Crippen MR) is 74.6 cm³/mol. The van der Waals surface area contributed by atoms with E-state index >= 15 is 0 Å². The van der Waals surface area contributed by atoms with Crippen LogP contribution in [0.1, 0.15) is 56.6 Å². The van der Waals surface area contributed by atoms with Crippen molar-refractivity contribution >= 4 is 0 Å². The molecule has 1 heterocycles. The number of furan rings is 1. The molecule has 102 valence electrons. The van der Waals surface area contributed by atoms with Crippen LogP contribution in [0.5, 0.6) is 0 Å². The third-order valence-corrected chi connectivity index (χ3v) is 4.07. The van der Waals surface area contributed by atoms with Crippen LogP contribution >= 0.6 is 0 Å². The number of hydrogen-bond donors (Lipinski definition) is 1. The first-order valence-corrected chi connectivity index (χ1v) is 7.17. The van der Waals surface area contributed by atoms with Crippen LogP contribution < -0.4 is 5.73 Å². The number of likely N-dealkylation sites (N-methyl/N-ethyl adjacent to an activating group) is 1. The van der Waals surface area contributed by atoms with Gasteiger partial charge in [0.2, 0.25) is 0 Å². The zero-order valence-corrected chi connectivity index (χ0v) is 11.9. The number of unbranched alkanes of at least 4 members (excludes halogenated alkanes) is 1. The molecule has 0 amide bonds. The maximum atomic E-state index is 6.01. The summed E-state index contributed by atoms with van der Waals surface area (Å²) >= 11 is 0. The van der Waals surface area contributed by atoms with Crippen LogP contribution in [-0.4, -0.2) is 25.0 Å². The zero-order chi connectivity index (χ0) is 13.1. The Hall–Kier alpha value is -0.800. The first kappa shape index (κ1) is 13.6. The fourth-order valence-electron chi connectivity index (χ4n) is 2.54. The molecule has 1 aromatic heterocycles. The molecule has 0 saturated heterocycles. The van der Waals surface area contributed by atoms with Crippen LogP contribution in [0.25, 0.3) is 0 Å². The molecule has 1 aliphatic rings. The molecule has 1 aromatic rings. The van der Waals surface area contributed by atoms with Crippen molar-refractivity contribution < 1.29 is 4.42 Å². The fourth-order valence-corrected chi connectivity index (χ4v) is 2.54. The SMILES string of the molecule is CCCCN(C)C(CN)c1ccc(C2CC2C)o1. The van der Waals surface area contributed by atoms with Crippen molar-refractivity contribution in [2.45, 2.75) is 45.1 Å². The highest BCUT2D eigenvalue weighted by Gasteiger charge is 2.37. The highest BCUT2D eigenvalue weighted by molar-refractivity contribution is 5.19. The van der Waals surface area contributed by atoms with Gasteiger partial charge < -0.3 is 10.2 Å². The van der Waals surface area contributed by atoms with E-state index in [1.165, 1.54) is 19.3 Å². The first-order valence-electron chi connectivity index (χ1n) is 7.17. The van der Waals surface area contributed by atoms with Gasteiger partial charge >= 0.3 is 0 Å². The summed E-state index contributed by atoms with van der Waals surface area (Å²) in [6, 6.07) is 4.47. The Morgan fingerprint density at radius 2 is 2.22 bits per heavy atom. The van der Waals surface area contributed by atoms with Crippen molar-refractivity contribution in [1.82, 2.24) is 4.90 Å². The third-order valence-electron chi connectivity index (χ3n) is 4.07. The topological polar surface area (TPSA) is 42.4 Å². The molecule has 1 saturated carbocycles. The molecule has 3 unspecified atom stereocenters. The Morgan fingerprint density at radius 1 is 1.50 bits per heavy atom. The lowest BCUT2D eigenvalue weighted by Gasteiger charge is -2.25. The second-order valence-corrected chi connectivity index (χ2v) is 5.65. The molecular formula is C15H26N2O. The van der Waals surface area contributed by atoms with Crippen molar-refractivity contribution in [2.24, 2.45) is 11.7 Å². The van der Waals surface area contributed by atoms with Gasteiger partial charge in [0, 0.05) is 12.5 Å². The van der Waals surface area contributed by atoms with Gasteiger partial charge in [-0.3, -0.25) is 4.90 Å². The van der Waals surface area contributed by atoms with E-state index in [9.17, 15) is 0 Å². The minimum Gasteiger partial charge on any atom is -0.464 e. The molecule has 3 heteroatoms. The maximum absolute atomic E-state index is 6.01. The second kappa shape index (κ2) is 5.89. The lowest BCUT2D eigenvalue weighted by Crippen LogP contribution is -2.31. The van der Waals surface area contributed by atoms with Gasteiger partial charge in [0.15, 0.2) is 0 Å². The van der Waals surface area contributed by atoms with Crippen molar-refractivity contribution in [3.8, 4) is 0 Å². The standard InChI is InChI=1S/C15H26N2O/c1-4-5-8-17(3)13(10-16)15-7-6-14(18-15)12-9-11(12)2/h6-7,11-13H,4-5,8-10,16H2,1-3H3. The molecule has 0 spiro atoms. The van der Waals surface area contributed by atoms with Gasteiger partial charge in [-0.15, -0.1) is 0 Å². The van der Waals surface area contributed by atoms with E-state index in [1.54, 1.807) is 0 Å². The van der Waals surface area contributed by atoms with E-state index in [0.29, 0.717) is 12.5 Å². The fraction of sp³-hybridized carbons (Fsp3) is 0.733. The predicted octanol–water partition coefficient (Wildman–Crippen LogP) is 3.13. The Kier molecular flexibility index (Phi) is 4.46. The lowest BCUT2D eigenvalue weighted by atomic mass is 10.2. The van der Waals surface area contributed by atoms with E-state index in [4.69, 9.17) is 10.2 Å². The van der Waals surface area contributed by atoms with Crippen LogP contribution in [0.3, 0.4) is 0 Å². The number of rotatable bonds is 7. The molecule has 2 rings (SSSR count). The van der Waals surface area contributed by atoms with Crippen molar-refractivity contribution in [2.75, 3.05) is 20.1 Å². The molecule has 3 atom stereocenters. The summed E-state index contributed by atoms with van der Waals surface area (Å²) in [5.41, 5.74) is 5.90. The summed E-state index contributed by atoms with van der Waals surface area (Å²) < 4.78 is 6.01. The quantitative estimate of drug-likeness (QED) is 0.808. The highest BCUT2D eigenvalue weighted by atomic mass is 16.3. The molecule has 0 bridgehead atoms. The highest BCUT2D eigenvalue weighted by Crippen LogP contribution is 2.47. The molecule has 1 aliphatic carbocycles. The summed E-state index contributed by atoms with van der Waals surface area (Å²) in [4.78, 5) is 2.31. The maximum Gasteiger partial charge on any atom is 0.122 e. The molecule has 0 aliphatic heterocycles. The van der Waals surface area contributed by atoms with Crippen LogP contribution in [0, 0.1) is 5.92 Å². The van der Waals surface area contributed by atoms with Crippen LogP contribution in [0.15, 0.2) is 16.5 Å². The van der Waals surface area contributed by atoms with E-state index < -0.39 is 0 Å². The Balaban J connectivity index is 2.00. The molecule has 0 radical (unpaired) electrons. The van der Waals surface area contributed by atoms with E-state index in [2.05, 4.69) is 37.9 Å². The summed E-state index contributed by atoms with van der Waals surface area (Å²) in [6.07, 6.45) is 3.69. The first-order chi connectivity index (χ1) is 8.67. The summed E-state index contributed by atoms with van der Waals surface area (Å²) in [6.45, 7) is 6.19. The number of nitrogens with zero attached hydrogens (tertiary/aromatic N) is 1. The van der Waals surface area contributed by atoms with Crippen LogP contribution in [-0.2, 0) is 0 Å². The van der Waals surface area contributed by atoms with Gasteiger partial charge in [-0.2, -0.15) is 0 Å². The summed E-state index contributed by atoms with van der Waals surface area (Å²) in [5.74, 6) is 3.63. The molecule has 3 nitrogen and oxygen atoms in total. The summed E-state index contributed by atoms with van der Waals surface area (Å²) in [5, 5.41) is 0. The van der Waals surface area contributed by atoms with Gasteiger partial charge in [-0.05, 0) is 44.5 Å². The van der Waals surface area contributed by atoms with Crippen molar-refractivity contribution in [3.63, 3.8) is 0 Å². The van der Waals surface area contributed by atoms with Gasteiger partial charge in [-0.1, -0.05) is 20.3 Å². The van der Waals surface area contributed by atoms with Crippen LogP contribution in [0.2, 0.25) is 0 Å². The van der Waals surface area contributed by atoms with Crippen LogP contribution in [0.4, 0.5) is 0 Å². The molecule has 1 fully saturated rings. The largest absolute Gasteiger partial charge is 0.464 e. The Bertz CT molecular complexity index is 374. The van der Waals surface area contributed by atoms with E-state index in [1.807, 2.05) is 0 Å². The Labute approximate surface area is 110 Å². The molecule has 2 N–H and O–H groups in total. The number of nitrogens with two attached hydrogens (primary N) is 1. The number of hydrogen-bond acceptors (Lipinski definition) is 3. The zero-order valence-electron chi connectivity index (χ0n) is 11.9. The molecule has 0 aromatic carbocycles. The summed E-state index contributed by atoms with van der Waals surface area (Å²) in [7, 11) is 2.13. The third kappa shape index (κ3) is 2.96. The minimum atomic E-state index is 0.222. The second-order valence-electron chi connectivity index (χ2n) is 5.65. The van der Waals surface area contributed by atoms with Crippen molar-refractivity contribution in [3.05, 3.63) is 23.7 Å². The van der Waals surface area contributed by atoms with E-state index in [0.717, 1.165) is 24.0 Å². The lowest BCUT2D eigenvalue weighted by molar-refractivity contribution is 0.215. The molecular weight excluding hydrogens is 224 g/mol. The minimum absolute atomic E-state index is 0.222. The monoisotopic (exact) mass is 250 g/mol. The van der Waals surface area contributed by atoms with Gasteiger partial charge in [-0.25, -0.2) is 0 Å². The molecule has 18 heavy (non-hydrogen) atoms. The Morgan fingerprint density at radius 3 is 2.78 bits per heavy atom. The van der Waals surface area contributed by atoms with Gasteiger partial charge in [0.05, 0.1) is 6.04 Å². The normalized spacial score (nSPS) is 24.5. The average Bonchev–Trinajstić information content (AvgIpc) is 2.90. The smallest absolute Gasteiger partial charge is 0.122 e. The average molecular weight is 250 g/mol. The van der Waals surface area contributed by atoms with Gasteiger partial charge in [0.25, 0.3) is 0 Å².